The highest BCUT2D eigenvalue weighted by molar-refractivity contribution is 8.15. The number of fused-ring (bicyclic) bond motifs is 2. The van der Waals surface area contributed by atoms with Gasteiger partial charge in [-0.05, 0) is 19.4 Å². The van der Waals surface area contributed by atoms with Gasteiger partial charge in [-0.25, -0.2) is 4.99 Å². The highest BCUT2D eigenvalue weighted by atomic mass is 32.2. The molecule has 17 heavy (non-hydrogen) atoms. The molecule has 0 bridgehead atoms. The minimum absolute atomic E-state index is 0.0468. The molecule has 2 heterocycles. The van der Waals surface area contributed by atoms with Gasteiger partial charge < -0.3 is 0 Å². The van der Waals surface area contributed by atoms with Crippen LogP contribution in [0, 0.1) is 0 Å². The summed E-state index contributed by atoms with van der Waals surface area (Å²) in [5, 5.41) is 0.915. The van der Waals surface area contributed by atoms with Crippen LogP contribution in [-0.2, 0) is 4.79 Å². The minimum atomic E-state index is 0.0468. The topological polar surface area (TPSA) is 32.7 Å². The van der Waals surface area contributed by atoms with Gasteiger partial charge in [-0.15, -0.1) is 0 Å². The van der Waals surface area contributed by atoms with Gasteiger partial charge in [0.1, 0.15) is 0 Å². The predicted octanol–water partition coefficient (Wildman–Crippen LogP) is 3.10. The zero-order valence-electron chi connectivity index (χ0n) is 9.88. The molecule has 0 aromatic heterocycles. The van der Waals surface area contributed by atoms with E-state index < -0.39 is 0 Å². The summed E-state index contributed by atoms with van der Waals surface area (Å²) in [7, 11) is 0. The molecule has 2 aliphatic rings. The Kier molecular flexibility index (Phi) is 2.47. The van der Waals surface area contributed by atoms with Gasteiger partial charge in [-0.2, -0.15) is 0 Å². The molecule has 4 heteroatoms. The Morgan fingerprint density at radius 2 is 2.18 bits per heavy atom. The largest absolute Gasteiger partial charge is 0.283 e. The number of hydrogen-bond acceptors (Lipinski definition) is 3. The summed E-state index contributed by atoms with van der Waals surface area (Å²) in [6, 6.07) is 8.17. The van der Waals surface area contributed by atoms with Gasteiger partial charge in [-0.1, -0.05) is 36.9 Å². The van der Waals surface area contributed by atoms with Crippen LogP contribution in [0.4, 0.5) is 5.69 Å². The Morgan fingerprint density at radius 3 is 2.94 bits per heavy atom. The fourth-order valence-corrected chi connectivity index (χ4v) is 3.51. The van der Waals surface area contributed by atoms with Gasteiger partial charge in [-0.3, -0.25) is 9.69 Å². The maximum Gasteiger partial charge on any atom is 0.242 e. The first kappa shape index (κ1) is 10.8. The van der Waals surface area contributed by atoms with Crippen LogP contribution in [-0.4, -0.2) is 21.2 Å². The molecule has 2 atom stereocenters. The molecule has 88 valence electrons. The van der Waals surface area contributed by atoms with E-state index >= 15 is 0 Å². The van der Waals surface area contributed by atoms with Crippen LogP contribution in [0.1, 0.15) is 31.9 Å². The van der Waals surface area contributed by atoms with Crippen LogP contribution in [0.5, 0.6) is 0 Å². The molecule has 3 rings (SSSR count). The highest BCUT2D eigenvalue weighted by Crippen LogP contribution is 2.42. The molecule has 1 aromatic carbocycles. The van der Waals surface area contributed by atoms with Crippen molar-refractivity contribution in [3.63, 3.8) is 0 Å². The lowest BCUT2D eigenvalue weighted by Gasteiger charge is -2.29. The average Bonchev–Trinajstić information content (AvgIpc) is 2.66. The molecule has 0 unspecified atom stereocenters. The van der Waals surface area contributed by atoms with Crippen LogP contribution >= 0.6 is 11.8 Å². The van der Waals surface area contributed by atoms with E-state index in [0.29, 0.717) is 0 Å². The van der Waals surface area contributed by atoms with Gasteiger partial charge in [0.05, 0.1) is 17.0 Å². The normalized spacial score (nSPS) is 26.6. The van der Waals surface area contributed by atoms with Crippen molar-refractivity contribution in [3.05, 3.63) is 29.8 Å². The van der Waals surface area contributed by atoms with Gasteiger partial charge in [0, 0.05) is 5.56 Å². The number of carbonyl (C=O) groups is 1. The second-order valence-corrected chi connectivity index (χ2v) is 5.52. The Bertz CT molecular complexity index is 512. The smallest absolute Gasteiger partial charge is 0.242 e. The van der Waals surface area contributed by atoms with Crippen LogP contribution in [0.3, 0.4) is 0 Å². The summed E-state index contributed by atoms with van der Waals surface area (Å²) >= 11 is 1.60. The van der Waals surface area contributed by atoms with E-state index in [1.165, 1.54) is 0 Å². The number of thioether (sulfide) groups is 1. The second-order valence-electron chi connectivity index (χ2n) is 4.35. The van der Waals surface area contributed by atoms with Crippen molar-refractivity contribution in [2.45, 2.75) is 31.6 Å². The maximum absolute atomic E-state index is 12.2. The number of para-hydroxylation sites is 1. The lowest BCUT2D eigenvalue weighted by Crippen LogP contribution is -2.36. The summed E-state index contributed by atoms with van der Waals surface area (Å²) in [5.41, 5.74) is 2.14. The number of rotatable bonds is 1. The molecule has 0 N–H and O–H groups in total. The molecule has 1 saturated heterocycles. The van der Waals surface area contributed by atoms with E-state index in [1.54, 1.807) is 11.8 Å². The van der Waals surface area contributed by atoms with Crippen molar-refractivity contribution >= 4 is 28.5 Å². The Morgan fingerprint density at radius 1 is 1.41 bits per heavy atom. The van der Waals surface area contributed by atoms with Crippen molar-refractivity contribution in [1.29, 1.82) is 0 Å². The maximum atomic E-state index is 12.2. The van der Waals surface area contributed by atoms with Crippen molar-refractivity contribution in [2.75, 3.05) is 0 Å². The molecule has 0 spiro atoms. The zero-order chi connectivity index (χ0) is 12.0. The van der Waals surface area contributed by atoms with Crippen molar-refractivity contribution in [2.24, 2.45) is 4.99 Å². The predicted molar refractivity (Wildman–Crippen MR) is 70.5 cm³/mol. The van der Waals surface area contributed by atoms with Gasteiger partial charge in [0.15, 0.2) is 5.17 Å². The summed E-state index contributed by atoms with van der Waals surface area (Å²) in [4.78, 5) is 18.7. The van der Waals surface area contributed by atoms with Crippen LogP contribution < -0.4 is 0 Å². The second kappa shape index (κ2) is 3.88. The van der Waals surface area contributed by atoms with E-state index in [2.05, 4.69) is 18.0 Å². The molecule has 1 amide bonds. The first-order chi connectivity index (χ1) is 8.22. The molecule has 2 aliphatic heterocycles. The highest BCUT2D eigenvalue weighted by Gasteiger charge is 2.42. The number of nitrogens with zero attached hydrogens (tertiary/aromatic N) is 2. The molecular weight excluding hydrogens is 232 g/mol. The lowest BCUT2D eigenvalue weighted by atomic mass is 10.0. The number of hydrogen-bond donors (Lipinski definition) is 0. The Hall–Kier alpha value is -1.29. The molecule has 1 fully saturated rings. The number of amides is 1. The monoisotopic (exact) mass is 246 g/mol. The number of amidine groups is 1. The van der Waals surface area contributed by atoms with Gasteiger partial charge in [0.2, 0.25) is 5.91 Å². The Labute approximate surface area is 105 Å². The number of benzene rings is 1. The number of carbonyl (C=O) groups excluding carboxylic acids is 1. The average molecular weight is 246 g/mol. The molecule has 3 nitrogen and oxygen atoms in total. The van der Waals surface area contributed by atoms with Crippen molar-refractivity contribution < 1.29 is 4.79 Å². The summed E-state index contributed by atoms with van der Waals surface area (Å²) < 4.78 is 0. The molecular formula is C13H14N2OS. The fourth-order valence-electron chi connectivity index (χ4n) is 2.36. The molecule has 1 aromatic rings. The summed E-state index contributed by atoms with van der Waals surface area (Å²) in [5.74, 6) is 0.207. The first-order valence-corrected chi connectivity index (χ1v) is 6.77. The molecule has 0 aliphatic carbocycles. The lowest BCUT2D eigenvalue weighted by molar-refractivity contribution is -0.127. The minimum Gasteiger partial charge on any atom is -0.283 e. The van der Waals surface area contributed by atoms with Crippen LogP contribution in [0.15, 0.2) is 29.3 Å². The van der Waals surface area contributed by atoms with Gasteiger partial charge in [0.25, 0.3) is 0 Å². The third kappa shape index (κ3) is 1.51. The summed E-state index contributed by atoms with van der Waals surface area (Å²) in [6.07, 6.45) is 0.863. The Balaban J connectivity index is 2.08. The first-order valence-electron chi connectivity index (χ1n) is 5.89. The van der Waals surface area contributed by atoms with Crippen LogP contribution in [0.25, 0.3) is 0 Å². The van der Waals surface area contributed by atoms with E-state index in [9.17, 15) is 4.79 Å². The third-order valence-corrected chi connectivity index (χ3v) is 4.65. The van der Waals surface area contributed by atoms with Gasteiger partial charge >= 0.3 is 0 Å². The van der Waals surface area contributed by atoms with Crippen molar-refractivity contribution in [1.82, 2.24) is 4.90 Å². The van der Waals surface area contributed by atoms with E-state index in [4.69, 9.17) is 0 Å². The van der Waals surface area contributed by atoms with Crippen molar-refractivity contribution in [3.8, 4) is 0 Å². The van der Waals surface area contributed by atoms with E-state index in [-0.39, 0.29) is 17.2 Å². The van der Waals surface area contributed by atoms with Crippen LogP contribution in [0.2, 0.25) is 0 Å². The number of aliphatic imine (C=N–C) groups is 1. The third-order valence-electron chi connectivity index (χ3n) is 3.33. The van der Waals surface area contributed by atoms with E-state index in [0.717, 1.165) is 22.8 Å². The SMILES string of the molecule is CC[C@H]1SC2=Nc3ccccc3[C@H](C)N2C1=O. The molecule has 0 saturated carbocycles. The standard InChI is InChI=1S/C13H14N2OS/c1-3-11-12(16)15-8(2)9-6-4-5-7-10(9)14-13(15)17-11/h4-8,11H,3H2,1-2H3/t8-,11+/m0/s1. The molecule has 0 radical (unpaired) electrons. The fraction of sp³-hybridized carbons (Fsp3) is 0.385. The zero-order valence-corrected chi connectivity index (χ0v) is 10.7. The van der Waals surface area contributed by atoms with E-state index in [1.807, 2.05) is 30.0 Å². The summed E-state index contributed by atoms with van der Waals surface area (Å²) in [6.45, 7) is 4.12. The quantitative estimate of drug-likeness (QED) is 0.762.